The molecule has 0 saturated heterocycles. The minimum Gasteiger partial charge on any atom is -0.486 e. The molecule has 0 heterocycles. The van der Waals surface area contributed by atoms with Crippen LogP contribution in [0.15, 0.2) is 59.6 Å². The van der Waals surface area contributed by atoms with Gasteiger partial charge in [-0.15, -0.1) is 0 Å². The normalized spacial score (nSPS) is 11.7. The number of aliphatic imine (C=N–C) groups is 1. The topological polar surface area (TPSA) is 21.6 Å². The third-order valence-electron chi connectivity index (χ3n) is 2.43. The minimum atomic E-state index is -0.224. The van der Waals surface area contributed by atoms with Crippen molar-refractivity contribution in [2.45, 2.75) is 26.4 Å². The van der Waals surface area contributed by atoms with Gasteiger partial charge in [0.2, 0.25) is 0 Å². The van der Waals surface area contributed by atoms with Gasteiger partial charge in [0.25, 0.3) is 0 Å². The molecule has 0 bridgehead atoms. The van der Waals surface area contributed by atoms with Crippen molar-refractivity contribution in [2.24, 2.45) is 4.99 Å². The summed E-state index contributed by atoms with van der Waals surface area (Å²) in [5.74, 6) is 0.808. The van der Waals surface area contributed by atoms with Crippen LogP contribution in [0.4, 0.5) is 5.69 Å². The molecule has 0 unspecified atom stereocenters. The monoisotopic (exact) mass is 253 g/mol. The first-order chi connectivity index (χ1) is 9.04. The number of hydrogen-bond donors (Lipinski definition) is 0. The second-order valence-electron chi connectivity index (χ2n) is 5.35. The van der Waals surface area contributed by atoms with Gasteiger partial charge in [-0.3, -0.25) is 4.99 Å². The molecule has 2 heteroatoms. The highest BCUT2D eigenvalue weighted by Crippen LogP contribution is 2.29. The summed E-state index contributed by atoms with van der Waals surface area (Å²) in [6, 6.07) is 17.9. The number of nitrogens with zero attached hydrogens (tertiary/aromatic N) is 1. The van der Waals surface area contributed by atoms with Gasteiger partial charge in [-0.1, -0.05) is 42.5 Å². The van der Waals surface area contributed by atoms with Crippen molar-refractivity contribution in [1.29, 1.82) is 0 Å². The van der Waals surface area contributed by atoms with Crippen LogP contribution < -0.4 is 4.74 Å². The van der Waals surface area contributed by atoms with Crippen LogP contribution in [0.25, 0.3) is 0 Å². The van der Waals surface area contributed by atoms with Crippen LogP contribution in [0.5, 0.6) is 5.75 Å². The summed E-state index contributed by atoms with van der Waals surface area (Å²) >= 11 is 0. The lowest BCUT2D eigenvalue weighted by Gasteiger charge is -2.22. The van der Waals surface area contributed by atoms with E-state index >= 15 is 0 Å². The molecule has 0 aliphatic carbocycles. The molecule has 0 radical (unpaired) electrons. The first kappa shape index (κ1) is 13.3. The zero-order valence-corrected chi connectivity index (χ0v) is 11.6. The van der Waals surface area contributed by atoms with Crippen molar-refractivity contribution in [3.8, 4) is 5.75 Å². The molecule has 0 amide bonds. The van der Waals surface area contributed by atoms with Crippen molar-refractivity contribution >= 4 is 11.9 Å². The predicted molar refractivity (Wildman–Crippen MR) is 80.5 cm³/mol. The number of hydrogen-bond acceptors (Lipinski definition) is 2. The summed E-state index contributed by atoms with van der Waals surface area (Å²) in [6.07, 6.45) is 1.85. The van der Waals surface area contributed by atoms with Gasteiger partial charge in [0.05, 0.1) is 0 Å². The Balaban J connectivity index is 2.23. The zero-order valence-electron chi connectivity index (χ0n) is 11.6. The summed E-state index contributed by atoms with van der Waals surface area (Å²) in [6.45, 7) is 6.10. The van der Waals surface area contributed by atoms with Crippen LogP contribution in [0.3, 0.4) is 0 Å². The van der Waals surface area contributed by atoms with Crippen LogP contribution in [-0.2, 0) is 0 Å². The second kappa shape index (κ2) is 5.70. The van der Waals surface area contributed by atoms with E-state index in [2.05, 4.69) is 4.99 Å². The molecule has 0 aromatic heterocycles. The van der Waals surface area contributed by atoms with E-state index in [0.717, 1.165) is 17.0 Å². The van der Waals surface area contributed by atoms with E-state index in [9.17, 15) is 0 Å². The highest BCUT2D eigenvalue weighted by atomic mass is 16.5. The van der Waals surface area contributed by atoms with Crippen molar-refractivity contribution in [3.63, 3.8) is 0 Å². The van der Waals surface area contributed by atoms with Crippen molar-refractivity contribution in [2.75, 3.05) is 0 Å². The van der Waals surface area contributed by atoms with Gasteiger partial charge in [0.15, 0.2) is 0 Å². The molecule has 2 aromatic carbocycles. The molecule has 0 aliphatic heterocycles. The fourth-order valence-electron chi connectivity index (χ4n) is 1.66. The molecule has 0 N–H and O–H groups in total. The summed E-state index contributed by atoms with van der Waals surface area (Å²) in [5.41, 5.74) is 1.70. The molecule has 0 spiro atoms. The maximum absolute atomic E-state index is 5.91. The lowest BCUT2D eigenvalue weighted by molar-refractivity contribution is 0.132. The Kier molecular flexibility index (Phi) is 4.00. The molecule has 0 saturated carbocycles. The molecule has 19 heavy (non-hydrogen) atoms. The van der Waals surface area contributed by atoms with E-state index in [1.165, 1.54) is 0 Å². The molecule has 0 aliphatic rings. The van der Waals surface area contributed by atoms with Gasteiger partial charge in [-0.2, -0.15) is 0 Å². The molecule has 0 fully saturated rings. The molecular weight excluding hydrogens is 234 g/mol. The molecule has 2 aromatic rings. The Morgan fingerprint density at radius 1 is 0.895 bits per heavy atom. The van der Waals surface area contributed by atoms with Crippen LogP contribution in [0.1, 0.15) is 26.3 Å². The molecule has 2 rings (SSSR count). The van der Waals surface area contributed by atoms with Crippen molar-refractivity contribution in [3.05, 3.63) is 60.2 Å². The van der Waals surface area contributed by atoms with Crippen LogP contribution in [-0.4, -0.2) is 11.8 Å². The Morgan fingerprint density at radius 3 is 2.21 bits per heavy atom. The van der Waals surface area contributed by atoms with E-state index in [0.29, 0.717) is 0 Å². The fourth-order valence-corrected chi connectivity index (χ4v) is 1.66. The van der Waals surface area contributed by atoms with Crippen molar-refractivity contribution in [1.82, 2.24) is 0 Å². The number of ether oxygens (including phenoxy) is 1. The van der Waals surface area contributed by atoms with Crippen molar-refractivity contribution < 1.29 is 4.74 Å². The van der Waals surface area contributed by atoms with Gasteiger partial charge in [-0.05, 0) is 38.5 Å². The highest BCUT2D eigenvalue weighted by molar-refractivity contribution is 5.82. The van der Waals surface area contributed by atoms with Gasteiger partial charge in [0, 0.05) is 6.21 Å². The summed E-state index contributed by atoms with van der Waals surface area (Å²) < 4.78 is 5.91. The largest absolute Gasteiger partial charge is 0.486 e. The smallest absolute Gasteiger partial charge is 0.145 e. The van der Waals surface area contributed by atoms with E-state index < -0.39 is 0 Å². The number of benzene rings is 2. The van der Waals surface area contributed by atoms with Crippen LogP contribution in [0, 0.1) is 0 Å². The van der Waals surface area contributed by atoms with Crippen LogP contribution >= 0.6 is 0 Å². The SMILES string of the molecule is CC(C)(C)Oc1ccccc1N=Cc1ccccc1. The molecule has 0 atom stereocenters. The molecular formula is C17H19NO. The minimum absolute atomic E-state index is 0.224. The quantitative estimate of drug-likeness (QED) is 0.732. The third-order valence-corrected chi connectivity index (χ3v) is 2.43. The van der Waals surface area contributed by atoms with E-state index in [1.807, 2.05) is 81.6 Å². The second-order valence-corrected chi connectivity index (χ2v) is 5.35. The van der Waals surface area contributed by atoms with Crippen LogP contribution in [0.2, 0.25) is 0 Å². The first-order valence-corrected chi connectivity index (χ1v) is 6.42. The van der Waals surface area contributed by atoms with Gasteiger partial charge < -0.3 is 4.74 Å². The summed E-state index contributed by atoms with van der Waals surface area (Å²) in [7, 11) is 0. The molecule has 98 valence electrons. The zero-order chi connectivity index (χ0) is 13.7. The van der Waals surface area contributed by atoms with E-state index in [1.54, 1.807) is 0 Å². The Hall–Kier alpha value is -2.09. The van der Waals surface area contributed by atoms with Gasteiger partial charge in [-0.25, -0.2) is 0 Å². The summed E-state index contributed by atoms with van der Waals surface area (Å²) in [4.78, 5) is 4.51. The van der Waals surface area contributed by atoms with Gasteiger partial charge >= 0.3 is 0 Å². The van der Waals surface area contributed by atoms with E-state index in [4.69, 9.17) is 4.74 Å². The predicted octanol–water partition coefficient (Wildman–Crippen LogP) is 4.61. The fraction of sp³-hybridized carbons (Fsp3) is 0.235. The lowest BCUT2D eigenvalue weighted by Crippen LogP contribution is -2.22. The van der Waals surface area contributed by atoms with Gasteiger partial charge in [0.1, 0.15) is 17.0 Å². The molecule has 2 nitrogen and oxygen atoms in total. The Labute approximate surface area is 114 Å². The maximum atomic E-state index is 5.91. The standard InChI is InChI=1S/C17H19NO/c1-17(2,3)19-16-12-8-7-11-15(16)18-13-14-9-5-4-6-10-14/h4-13H,1-3H3. The highest BCUT2D eigenvalue weighted by Gasteiger charge is 2.13. The third kappa shape index (κ3) is 4.25. The Morgan fingerprint density at radius 2 is 1.53 bits per heavy atom. The average molecular weight is 253 g/mol. The lowest BCUT2D eigenvalue weighted by atomic mass is 10.2. The van der Waals surface area contributed by atoms with E-state index in [-0.39, 0.29) is 5.60 Å². The summed E-state index contributed by atoms with van der Waals surface area (Å²) in [5, 5.41) is 0. The average Bonchev–Trinajstić information content (AvgIpc) is 2.37. The Bertz CT molecular complexity index is 553. The number of rotatable bonds is 3. The first-order valence-electron chi connectivity index (χ1n) is 6.42. The maximum Gasteiger partial charge on any atom is 0.145 e. The number of para-hydroxylation sites is 2.